The van der Waals surface area contributed by atoms with Crippen molar-refractivity contribution in [3.63, 3.8) is 0 Å². The fraction of sp³-hybridized carbons (Fsp3) is 0.316. The van der Waals surface area contributed by atoms with E-state index in [1.54, 1.807) is 0 Å². The minimum Gasteiger partial charge on any atom is -0.490 e. The number of para-hydroxylation sites is 1. The molecule has 0 spiro atoms. The van der Waals surface area contributed by atoms with Gasteiger partial charge < -0.3 is 14.6 Å². The Labute approximate surface area is 136 Å². The van der Waals surface area contributed by atoms with E-state index in [0.29, 0.717) is 19.6 Å². The predicted molar refractivity (Wildman–Crippen MR) is 89.3 cm³/mol. The number of carbonyl (C=O) groups is 1. The van der Waals surface area contributed by atoms with Crippen molar-refractivity contribution < 1.29 is 19.4 Å². The normalized spacial score (nSPS) is 10.3. The van der Waals surface area contributed by atoms with Crippen LogP contribution in [0.2, 0.25) is 0 Å². The molecule has 0 aliphatic carbocycles. The Kier molecular flexibility index (Phi) is 6.03. The number of carboxylic acid groups (broad SMARTS) is 1. The van der Waals surface area contributed by atoms with Crippen LogP contribution in [0.4, 0.5) is 0 Å². The zero-order valence-electron chi connectivity index (χ0n) is 13.5. The van der Waals surface area contributed by atoms with Crippen LogP contribution in [-0.2, 0) is 11.2 Å². The highest BCUT2D eigenvalue weighted by molar-refractivity contribution is 5.67. The SMILES string of the molecule is Cc1cccc(OCCOc2ccccc2CCC(=O)O)c1C. The minimum absolute atomic E-state index is 0.0966. The summed E-state index contributed by atoms with van der Waals surface area (Å²) < 4.78 is 11.5. The first kappa shape index (κ1) is 16.9. The maximum absolute atomic E-state index is 10.7. The van der Waals surface area contributed by atoms with Crippen molar-refractivity contribution in [2.45, 2.75) is 26.7 Å². The first-order valence-corrected chi connectivity index (χ1v) is 7.69. The van der Waals surface area contributed by atoms with E-state index in [4.69, 9.17) is 14.6 Å². The lowest BCUT2D eigenvalue weighted by molar-refractivity contribution is -0.136. The monoisotopic (exact) mass is 314 g/mol. The first-order chi connectivity index (χ1) is 11.1. The highest BCUT2D eigenvalue weighted by Crippen LogP contribution is 2.21. The second-order valence-electron chi connectivity index (χ2n) is 5.40. The zero-order chi connectivity index (χ0) is 16.7. The average Bonchev–Trinajstić information content (AvgIpc) is 2.54. The van der Waals surface area contributed by atoms with Crippen molar-refractivity contribution in [1.82, 2.24) is 0 Å². The van der Waals surface area contributed by atoms with Gasteiger partial charge in [0.15, 0.2) is 0 Å². The molecule has 23 heavy (non-hydrogen) atoms. The van der Waals surface area contributed by atoms with Crippen molar-refractivity contribution in [2.24, 2.45) is 0 Å². The third-order valence-electron chi connectivity index (χ3n) is 3.73. The molecule has 0 fully saturated rings. The molecular formula is C19H22O4. The van der Waals surface area contributed by atoms with Gasteiger partial charge in [-0.05, 0) is 49.1 Å². The summed E-state index contributed by atoms with van der Waals surface area (Å²) in [5.74, 6) is 0.782. The molecule has 0 saturated carbocycles. The lowest BCUT2D eigenvalue weighted by Crippen LogP contribution is -2.11. The standard InChI is InChI=1S/C19H22O4/c1-14-6-5-9-17(15(14)2)22-12-13-23-18-8-4-3-7-16(18)10-11-19(20)21/h3-9H,10-13H2,1-2H3,(H,20,21). The van der Waals surface area contributed by atoms with Crippen LogP contribution >= 0.6 is 0 Å². The molecule has 0 radical (unpaired) electrons. The van der Waals surface area contributed by atoms with Crippen molar-refractivity contribution in [2.75, 3.05) is 13.2 Å². The van der Waals surface area contributed by atoms with Crippen LogP contribution in [0.1, 0.15) is 23.1 Å². The van der Waals surface area contributed by atoms with Crippen molar-refractivity contribution >= 4 is 5.97 Å². The van der Waals surface area contributed by atoms with Gasteiger partial charge in [-0.25, -0.2) is 0 Å². The van der Waals surface area contributed by atoms with E-state index >= 15 is 0 Å². The molecule has 0 aliphatic heterocycles. The summed E-state index contributed by atoms with van der Waals surface area (Å²) in [6, 6.07) is 13.5. The molecule has 0 heterocycles. The van der Waals surface area contributed by atoms with Gasteiger partial charge in [-0.1, -0.05) is 30.3 Å². The van der Waals surface area contributed by atoms with Crippen LogP contribution in [0.15, 0.2) is 42.5 Å². The van der Waals surface area contributed by atoms with Gasteiger partial charge in [0.1, 0.15) is 24.7 Å². The van der Waals surface area contributed by atoms with Gasteiger partial charge in [-0.3, -0.25) is 4.79 Å². The zero-order valence-corrected chi connectivity index (χ0v) is 13.5. The lowest BCUT2D eigenvalue weighted by Gasteiger charge is -2.13. The molecule has 1 N–H and O–H groups in total. The van der Waals surface area contributed by atoms with E-state index in [9.17, 15) is 4.79 Å². The number of benzene rings is 2. The van der Waals surface area contributed by atoms with Crippen molar-refractivity contribution in [1.29, 1.82) is 0 Å². The smallest absolute Gasteiger partial charge is 0.303 e. The topological polar surface area (TPSA) is 55.8 Å². The lowest BCUT2D eigenvalue weighted by atomic mass is 10.1. The molecule has 2 rings (SSSR count). The molecule has 122 valence electrons. The van der Waals surface area contributed by atoms with Gasteiger partial charge in [0.05, 0.1) is 0 Å². The third-order valence-corrected chi connectivity index (χ3v) is 3.73. The molecule has 2 aromatic rings. The minimum atomic E-state index is -0.807. The Balaban J connectivity index is 1.86. The second kappa shape index (κ2) is 8.22. The summed E-state index contributed by atoms with van der Waals surface area (Å²) in [4.78, 5) is 10.7. The summed E-state index contributed by atoms with van der Waals surface area (Å²) in [5, 5.41) is 8.79. The molecule has 0 bridgehead atoms. The molecule has 0 aliphatic rings. The number of aliphatic carboxylic acids is 1. The van der Waals surface area contributed by atoms with Crippen LogP contribution in [0.25, 0.3) is 0 Å². The fourth-order valence-corrected chi connectivity index (χ4v) is 2.28. The number of ether oxygens (including phenoxy) is 2. The number of hydrogen-bond donors (Lipinski definition) is 1. The Hall–Kier alpha value is -2.49. The van der Waals surface area contributed by atoms with Crippen molar-refractivity contribution in [3.8, 4) is 11.5 Å². The summed E-state index contributed by atoms with van der Waals surface area (Å²) in [7, 11) is 0. The van der Waals surface area contributed by atoms with E-state index in [2.05, 4.69) is 13.0 Å². The Morgan fingerprint density at radius 3 is 2.35 bits per heavy atom. The molecule has 0 atom stereocenters. The molecule has 0 amide bonds. The fourth-order valence-electron chi connectivity index (χ4n) is 2.28. The third kappa shape index (κ3) is 5.02. The highest BCUT2D eigenvalue weighted by Gasteiger charge is 2.06. The molecular weight excluding hydrogens is 292 g/mol. The summed E-state index contributed by atoms with van der Waals surface area (Å²) in [6.45, 7) is 4.94. The molecule has 0 unspecified atom stereocenters. The molecule has 4 nitrogen and oxygen atoms in total. The van der Waals surface area contributed by atoms with Crippen LogP contribution in [-0.4, -0.2) is 24.3 Å². The van der Waals surface area contributed by atoms with Crippen molar-refractivity contribution in [3.05, 3.63) is 59.2 Å². The number of aryl methyl sites for hydroxylation is 2. The highest BCUT2D eigenvalue weighted by atomic mass is 16.5. The molecule has 0 aromatic heterocycles. The Bertz CT molecular complexity index is 664. The molecule has 4 heteroatoms. The maximum atomic E-state index is 10.7. The van der Waals surface area contributed by atoms with Gasteiger partial charge >= 0.3 is 5.97 Å². The van der Waals surface area contributed by atoms with E-state index in [1.807, 2.05) is 43.3 Å². The van der Waals surface area contributed by atoms with Gasteiger partial charge in [-0.15, -0.1) is 0 Å². The van der Waals surface area contributed by atoms with Crippen LogP contribution in [0, 0.1) is 13.8 Å². The molecule has 2 aromatic carbocycles. The Morgan fingerprint density at radius 2 is 1.61 bits per heavy atom. The summed E-state index contributed by atoms with van der Waals surface area (Å²) >= 11 is 0. The first-order valence-electron chi connectivity index (χ1n) is 7.69. The average molecular weight is 314 g/mol. The van der Waals surface area contributed by atoms with Gasteiger partial charge in [0.25, 0.3) is 0 Å². The van der Waals surface area contributed by atoms with Gasteiger partial charge in [0, 0.05) is 6.42 Å². The van der Waals surface area contributed by atoms with E-state index in [1.165, 1.54) is 5.56 Å². The van der Waals surface area contributed by atoms with E-state index < -0.39 is 5.97 Å². The van der Waals surface area contributed by atoms with E-state index in [0.717, 1.165) is 22.6 Å². The second-order valence-corrected chi connectivity index (χ2v) is 5.40. The maximum Gasteiger partial charge on any atom is 0.303 e. The van der Waals surface area contributed by atoms with E-state index in [-0.39, 0.29) is 6.42 Å². The molecule has 0 saturated heterocycles. The number of rotatable bonds is 8. The summed E-state index contributed by atoms with van der Waals surface area (Å²) in [5.41, 5.74) is 3.23. The van der Waals surface area contributed by atoms with Crippen LogP contribution in [0.3, 0.4) is 0 Å². The predicted octanol–water partition coefficient (Wildman–Crippen LogP) is 3.78. The van der Waals surface area contributed by atoms with Gasteiger partial charge in [0.2, 0.25) is 0 Å². The van der Waals surface area contributed by atoms with Crippen LogP contribution in [0.5, 0.6) is 11.5 Å². The summed E-state index contributed by atoms with van der Waals surface area (Å²) in [6.07, 6.45) is 0.558. The van der Waals surface area contributed by atoms with Gasteiger partial charge in [-0.2, -0.15) is 0 Å². The quantitative estimate of drug-likeness (QED) is 0.753. The van der Waals surface area contributed by atoms with Crippen LogP contribution < -0.4 is 9.47 Å². The largest absolute Gasteiger partial charge is 0.490 e. The number of hydrogen-bond acceptors (Lipinski definition) is 3. The Morgan fingerprint density at radius 1 is 0.957 bits per heavy atom. The number of carboxylic acids is 1.